The molecule has 158 valence electrons. The van der Waals surface area contributed by atoms with Gasteiger partial charge in [-0.1, -0.05) is 43.7 Å². The third kappa shape index (κ3) is 4.70. The van der Waals surface area contributed by atoms with Crippen LogP contribution in [0.5, 0.6) is 5.75 Å². The first-order valence-electron chi connectivity index (χ1n) is 10.2. The Morgan fingerprint density at radius 1 is 1.13 bits per heavy atom. The minimum atomic E-state index is -0.197. The van der Waals surface area contributed by atoms with Gasteiger partial charge in [-0.3, -0.25) is 9.59 Å². The van der Waals surface area contributed by atoms with E-state index in [4.69, 9.17) is 4.74 Å². The molecule has 2 aromatic carbocycles. The molecule has 1 atom stereocenters. The molecule has 3 rings (SSSR count). The van der Waals surface area contributed by atoms with Crippen LogP contribution in [-0.2, 0) is 9.59 Å². The van der Waals surface area contributed by atoms with E-state index in [-0.39, 0.29) is 30.3 Å². The Kier molecular flexibility index (Phi) is 6.55. The number of hydrogen-bond acceptors (Lipinski definition) is 4. The molecule has 0 spiro atoms. The molecule has 2 amide bonds. The number of amides is 2. The molecule has 0 aliphatic carbocycles. The summed E-state index contributed by atoms with van der Waals surface area (Å²) >= 11 is 0. The summed E-state index contributed by atoms with van der Waals surface area (Å²) in [5.41, 5.74) is 3.98. The summed E-state index contributed by atoms with van der Waals surface area (Å²) in [6, 6.07) is 15.6. The molecular formula is C24H29N3O3. The zero-order valence-electron chi connectivity index (χ0n) is 18.3. The summed E-state index contributed by atoms with van der Waals surface area (Å²) in [5, 5.41) is 6.21. The number of ether oxygens (including phenoxy) is 1. The fourth-order valence-corrected chi connectivity index (χ4v) is 3.54. The second kappa shape index (κ2) is 9.11. The number of carbonyl (C=O) groups is 2. The smallest absolute Gasteiger partial charge is 0.262 e. The zero-order chi connectivity index (χ0) is 21.8. The van der Waals surface area contributed by atoms with Gasteiger partial charge in [0.05, 0.1) is 18.9 Å². The Morgan fingerprint density at radius 2 is 1.77 bits per heavy atom. The lowest BCUT2D eigenvalue weighted by Crippen LogP contribution is -2.40. The first-order chi connectivity index (χ1) is 14.3. The molecule has 0 N–H and O–H groups in total. The van der Waals surface area contributed by atoms with Gasteiger partial charge in [0.25, 0.3) is 5.91 Å². The summed E-state index contributed by atoms with van der Waals surface area (Å²) in [4.78, 5) is 26.8. The van der Waals surface area contributed by atoms with E-state index < -0.39 is 0 Å². The van der Waals surface area contributed by atoms with E-state index in [1.807, 2.05) is 69.3 Å². The number of rotatable bonds is 6. The van der Waals surface area contributed by atoms with Crippen molar-refractivity contribution in [2.24, 2.45) is 11.0 Å². The fourth-order valence-electron chi connectivity index (χ4n) is 3.54. The third-order valence-corrected chi connectivity index (χ3v) is 5.29. The molecule has 0 saturated heterocycles. The van der Waals surface area contributed by atoms with Crippen molar-refractivity contribution in [1.29, 1.82) is 0 Å². The van der Waals surface area contributed by atoms with E-state index in [0.29, 0.717) is 6.42 Å². The number of carbonyl (C=O) groups excluding carboxylic acids is 2. The highest BCUT2D eigenvalue weighted by atomic mass is 16.5. The summed E-state index contributed by atoms with van der Waals surface area (Å²) < 4.78 is 5.24. The summed E-state index contributed by atoms with van der Waals surface area (Å²) in [6.45, 7) is 5.69. The van der Waals surface area contributed by atoms with Gasteiger partial charge in [0.15, 0.2) is 0 Å². The van der Waals surface area contributed by atoms with Crippen molar-refractivity contribution in [3.8, 4) is 5.75 Å². The number of benzene rings is 2. The number of methoxy groups -OCH3 is 1. The molecule has 1 aliphatic rings. The van der Waals surface area contributed by atoms with E-state index in [2.05, 4.69) is 5.10 Å². The predicted octanol–water partition coefficient (Wildman–Crippen LogP) is 3.80. The molecule has 30 heavy (non-hydrogen) atoms. The average Bonchev–Trinajstić information content (AvgIpc) is 3.19. The zero-order valence-corrected chi connectivity index (χ0v) is 18.3. The highest BCUT2D eigenvalue weighted by Crippen LogP contribution is 2.33. The molecule has 0 bridgehead atoms. The monoisotopic (exact) mass is 407 g/mol. The number of hydrazone groups is 1. The van der Waals surface area contributed by atoms with E-state index in [0.717, 1.165) is 28.2 Å². The van der Waals surface area contributed by atoms with Gasteiger partial charge in [0.1, 0.15) is 12.3 Å². The maximum atomic E-state index is 13.1. The van der Waals surface area contributed by atoms with Crippen LogP contribution in [0, 0.1) is 12.8 Å². The summed E-state index contributed by atoms with van der Waals surface area (Å²) in [5.74, 6) is 0.358. The Bertz CT molecular complexity index is 933. The fraction of sp³-hybridized carbons (Fsp3) is 0.375. The second-order valence-corrected chi connectivity index (χ2v) is 7.99. The van der Waals surface area contributed by atoms with E-state index in [1.165, 1.54) is 9.91 Å². The molecule has 0 radical (unpaired) electrons. The maximum Gasteiger partial charge on any atom is 0.262 e. The lowest BCUT2D eigenvalue weighted by atomic mass is 9.97. The van der Waals surface area contributed by atoms with Crippen molar-refractivity contribution < 1.29 is 14.3 Å². The third-order valence-electron chi connectivity index (χ3n) is 5.29. The normalized spacial score (nSPS) is 15.9. The first-order valence-corrected chi connectivity index (χ1v) is 10.2. The van der Waals surface area contributed by atoms with E-state index >= 15 is 0 Å². The SMILES string of the molecule is COc1ccc(C2=NN(C(=O)CN(C)C(=O)C(C)C)[C@@H](c3ccc(C)cc3)C2)cc1. The van der Waals surface area contributed by atoms with Crippen molar-refractivity contribution >= 4 is 17.5 Å². The van der Waals surface area contributed by atoms with Gasteiger partial charge >= 0.3 is 0 Å². The molecule has 0 unspecified atom stereocenters. The van der Waals surface area contributed by atoms with Gasteiger partial charge in [-0.25, -0.2) is 5.01 Å². The summed E-state index contributed by atoms with van der Waals surface area (Å²) in [6.07, 6.45) is 0.614. The lowest BCUT2D eigenvalue weighted by Gasteiger charge is -2.25. The van der Waals surface area contributed by atoms with Gasteiger partial charge in [-0.2, -0.15) is 5.10 Å². The van der Waals surface area contributed by atoms with Gasteiger partial charge < -0.3 is 9.64 Å². The van der Waals surface area contributed by atoms with Crippen LogP contribution < -0.4 is 4.74 Å². The average molecular weight is 408 g/mol. The number of likely N-dealkylation sites (N-methyl/N-ethyl adjacent to an activating group) is 1. The van der Waals surface area contributed by atoms with Gasteiger partial charge in [-0.05, 0) is 42.3 Å². The van der Waals surface area contributed by atoms with Crippen LogP contribution in [0.15, 0.2) is 53.6 Å². The second-order valence-electron chi connectivity index (χ2n) is 7.99. The van der Waals surface area contributed by atoms with Crippen molar-refractivity contribution in [2.75, 3.05) is 20.7 Å². The number of hydrogen-bond donors (Lipinski definition) is 0. The quantitative estimate of drug-likeness (QED) is 0.732. The standard InChI is InChI=1S/C24H29N3O3/c1-16(2)24(29)26(4)15-23(28)27-22(19-8-6-17(3)7-9-19)14-21(25-27)18-10-12-20(30-5)13-11-18/h6-13,16,22H,14-15H2,1-5H3/t22-/m1/s1. The van der Waals surface area contributed by atoms with Crippen LogP contribution in [0.1, 0.15) is 43.0 Å². The van der Waals surface area contributed by atoms with Gasteiger partial charge in [0.2, 0.25) is 5.91 Å². The van der Waals surface area contributed by atoms with E-state index in [9.17, 15) is 9.59 Å². The van der Waals surface area contributed by atoms with Gasteiger partial charge in [-0.15, -0.1) is 0 Å². The molecule has 2 aromatic rings. The number of aryl methyl sites for hydroxylation is 1. The van der Waals surface area contributed by atoms with Crippen LogP contribution in [0.3, 0.4) is 0 Å². The minimum absolute atomic E-state index is 0.00122. The van der Waals surface area contributed by atoms with Crippen LogP contribution in [0.25, 0.3) is 0 Å². The first kappa shape index (κ1) is 21.6. The van der Waals surface area contributed by atoms with Crippen molar-refractivity contribution in [3.63, 3.8) is 0 Å². The lowest BCUT2D eigenvalue weighted by molar-refractivity contribution is -0.142. The van der Waals surface area contributed by atoms with Crippen molar-refractivity contribution in [3.05, 3.63) is 65.2 Å². The topological polar surface area (TPSA) is 62.2 Å². The van der Waals surface area contributed by atoms with Crippen LogP contribution in [0.4, 0.5) is 0 Å². The highest BCUT2D eigenvalue weighted by molar-refractivity contribution is 6.03. The molecule has 6 heteroatoms. The van der Waals surface area contributed by atoms with Crippen LogP contribution >= 0.6 is 0 Å². The van der Waals surface area contributed by atoms with Crippen molar-refractivity contribution in [1.82, 2.24) is 9.91 Å². The predicted molar refractivity (Wildman–Crippen MR) is 117 cm³/mol. The largest absolute Gasteiger partial charge is 0.497 e. The Hall–Kier alpha value is -3.15. The minimum Gasteiger partial charge on any atom is -0.497 e. The van der Waals surface area contributed by atoms with Crippen molar-refractivity contribution in [2.45, 2.75) is 33.2 Å². The van der Waals surface area contributed by atoms with Gasteiger partial charge in [0, 0.05) is 19.4 Å². The Balaban J connectivity index is 1.88. The molecule has 1 heterocycles. The van der Waals surface area contributed by atoms with Crippen LogP contribution in [-0.4, -0.2) is 48.1 Å². The molecule has 0 aromatic heterocycles. The maximum absolute atomic E-state index is 13.1. The highest BCUT2D eigenvalue weighted by Gasteiger charge is 2.34. The van der Waals surface area contributed by atoms with E-state index in [1.54, 1.807) is 14.2 Å². The Labute approximate surface area is 178 Å². The molecular weight excluding hydrogens is 378 g/mol. The molecule has 0 saturated carbocycles. The van der Waals surface area contributed by atoms with Crippen LogP contribution in [0.2, 0.25) is 0 Å². The number of nitrogens with zero attached hydrogens (tertiary/aromatic N) is 3. The summed E-state index contributed by atoms with van der Waals surface area (Å²) in [7, 11) is 3.29. The Morgan fingerprint density at radius 3 is 2.33 bits per heavy atom. The molecule has 1 aliphatic heterocycles. The molecule has 6 nitrogen and oxygen atoms in total. The molecule has 0 fully saturated rings.